The van der Waals surface area contributed by atoms with Crippen LogP contribution in [0, 0.1) is 13.8 Å². The van der Waals surface area contributed by atoms with Crippen molar-refractivity contribution in [3.05, 3.63) is 88.5 Å². The van der Waals surface area contributed by atoms with Crippen molar-refractivity contribution in [2.45, 2.75) is 20.0 Å². The first-order valence-electron chi connectivity index (χ1n) is 10.7. The highest BCUT2D eigenvalue weighted by atomic mass is 19.4. The Kier molecular flexibility index (Phi) is 6.12. The summed E-state index contributed by atoms with van der Waals surface area (Å²) in [5.41, 5.74) is 7.96. The fourth-order valence-corrected chi connectivity index (χ4v) is 4.18. The summed E-state index contributed by atoms with van der Waals surface area (Å²) in [5, 5.41) is 3.51. The third-order valence-electron chi connectivity index (χ3n) is 5.71. The summed E-state index contributed by atoms with van der Waals surface area (Å²) < 4.78 is 41.8. The molecule has 0 bridgehead atoms. The van der Waals surface area contributed by atoms with Crippen molar-refractivity contribution in [3.8, 4) is 11.1 Å². The van der Waals surface area contributed by atoms with Gasteiger partial charge in [0.05, 0.1) is 17.8 Å². The van der Waals surface area contributed by atoms with Crippen LogP contribution in [-0.2, 0) is 11.0 Å². The molecule has 0 atom stereocenters. The number of alkyl halides is 3. The number of rotatable bonds is 4. The van der Waals surface area contributed by atoms with Gasteiger partial charge in [0.2, 0.25) is 0 Å². The van der Waals surface area contributed by atoms with Crippen LogP contribution in [0.3, 0.4) is 0 Å². The van der Waals surface area contributed by atoms with E-state index >= 15 is 0 Å². The summed E-state index contributed by atoms with van der Waals surface area (Å²) in [6.45, 7) is 3.46. The number of benzene rings is 3. The quantitative estimate of drug-likeness (QED) is 0.162. The van der Waals surface area contributed by atoms with Gasteiger partial charge in [-0.15, -0.1) is 0 Å². The monoisotopic (exact) mass is 480 g/mol. The zero-order valence-electron chi connectivity index (χ0n) is 19.0. The van der Waals surface area contributed by atoms with Crippen LogP contribution in [0.15, 0.2) is 60.7 Å². The van der Waals surface area contributed by atoms with Crippen LogP contribution in [0.5, 0.6) is 0 Å². The number of nitrogen functional groups attached to an aromatic ring is 1. The van der Waals surface area contributed by atoms with Crippen molar-refractivity contribution in [3.63, 3.8) is 0 Å². The van der Waals surface area contributed by atoms with E-state index < -0.39 is 23.6 Å². The molecule has 1 heterocycles. The van der Waals surface area contributed by atoms with Crippen LogP contribution in [0.2, 0.25) is 0 Å². The molecule has 35 heavy (non-hydrogen) atoms. The number of carbonyl (C=O) groups is 2. The highest BCUT2D eigenvalue weighted by Crippen LogP contribution is 2.47. The van der Waals surface area contributed by atoms with Gasteiger partial charge in [0.25, 0.3) is 11.8 Å². The van der Waals surface area contributed by atoms with E-state index in [1.54, 1.807) is 38.1 Å². The molecule has 0 saturated carbocycles. The Balaban J connectivity index is 1.74. The molecule has 0 spiro atoms. The summed E-state index contributed by atoms with van der Waals surface area (Å²) in [6, 6.07) is 13.6. The van der Waals surface area contributed by atoms with Crippen molar-refractivity contribution in [1.29, 1.82) is 0 Å². The molecule has 4 rings (SSSR count). The molecule has 6 nitrogen and oxygen atoms in total. The molecule has 5 N–H and O–H groups in total. The van der Waals surface area contributed by atoms with Crippen LogP contribution in [-0.4, -0.2) is 23.4 Å². The highest BCUT2D eigenvalue weighted by Gasteiger charge is 2.38. The van der Waals surface area contributed by atoms with Crippen LogP contribution in [0.1, 0.15) is 32.6 Å². The van der Waals surface area contributed by atoms with Gasteiger partial charge in [0, 0.05) is 28.0 Å². The Morgan fingerprint density at radius 1 is 1.03 bits per heavy atom. The minimum absolute atomic E-state index is 0.0782. The number of fused-ring (bicyclic) bond motifs is 1. The summed E-state index contributed by atoms with van der Waals surface area (Å²) in [5.74, 6) is 4.83. The van der Waals surface area contributed by atoms with E-state index in [1.807, 2.05) is 6.07 Å². The molecule has 180 valence electrons. The first-order chi connectivity index (χ1) is 16.5. The average molecular weight is 480 g/mol. The van der Waals surface area contributed by atoms with E-state index in [1.165, 1.54) is 24.3 Å². The second-order valence-corrected chi connectivity index (χ2v) is 8.44. The summed E-state index contributed by atoms with van der Waals surface area (Å²) in [7, 11) is 0. The first-order valence-corrected chi connectivity index (χ1v) is 10.7. The molecule has 2 amide bonds. The summed E-state index contributed by atoms with van der Waals surface area (Å²) in [4.78, 5) is 25.3. The second kappa shape index (κ2) is 8.92. The maximum atomic E-state index is 13.9. The molecule has 0 fully saturated rings. The third kappa shape index (κ3) is 4.76. The lowest BCUT2D eigenvalue weighted by molar-refractivity contribution is -0.137. The Morgan fingerprint density at radius 3 is 2.26 bits per heavy atom. The number of hydrogen-bond acceptors (Lipinski definition) is 4. The zero-order valence-corrected chi connectivity index (χ0v) is 19.0. The first kappa shape index (κ1) is 24.0. The Labute approximate surface area is 200 Å². The van der Waals surface area contributed by atoms with Crippen LogP contribution < -0.4 is 16.9 Å². The molecule has 0 saturated heterocycles. The van der Waals surface area contributed by atoms with Gasteiger partial charge in [0.1, 0.15) is 0 Å². The minimum Gasteiger partial charge on any atom is -0.399 e. The number of halogens is 3. The lowest BCUT2D eigenvalue weighted by Crippen LogP contribution is -2.37. The number of nitrogens with one attached hydrogen (secondary N) is 1. The number of hydrogen-bond donors (Lipinski definition) is 3. The van der Waals surface area contributed by atoms with Crippen LogP contribution in [0.25, 0.3) is 16.7 Å². The number of amides is 2. The Bertz CT molecular complexity index is 1340. The maximum absolute atomic E-state index is 13.9. The number of aryl methyl sites for hydroxylation is 2. The van der Waals surface area contributed by atoms with Gasteiger partial charge in [-0.1, -0.05) is 41.5 Å². The van der Waals surface area contributed by atoms with E-state index in [9.17, 15) is 22.8 Å². The van der Waals surface area contributed by atoms with E-state index in [2.05, 4.69) is 5.32 Å². The van der Waals surface area contributed by atoms with E-state index in [0.717, 1.165) is 22.2 Å². The topological polar surface area (TPSA) is 101 Å². The zero-order chi connectivity index (χ0) is 25.5. The molecule has 9 heteroatoms. The molecular weight excluding hydrogens is 457 g/mol. The smallest absolute Gasteiger partial charge is 0.399 e. The number of nitrogens with two attached hydrogens (primary N) is 2. The number of hydrazine groups is 1. The third-order valence-corrected chi connectivity index (χ3v) is 5.71. The fraction of sp³-hybridized carbons (Fsp3) is 0.154. The number of carbonyl (C=O) groups excluding carboxylic acids is 2. The van der Waals surface area contributed by atoms with E-state index in [4.69, 9.17) is 11.6 Å². The standard InChI is InChI=1S/C26H23F3N4O2/c1-14-11-15(2)13-17(12-14)22-21(26(27,28)29)8-7-19-20(24(34)32-23(19)22)9-10-33(31)25(35)16-3-5-18(30)6-4-16/h3-9,11-13H,10,30-31H2,1-2H3,(H,32,34). The minimum atomic E-state index is -4.63. The van der Waals surface area contributed by atoms with Crippen molar-refractivity contribution in [2.75, 3.05) is 17.6 Å². The highest BCUT2D eigenvalue weighted by molar-refractivity contribution is 6.33. The lowest BCUT2D eigenvalue weighted by atomic mass is 9.91. The Hall–Kier alpha value is -4.11. The molecule has 0 aliphatic carbocycles. The normalized spacial score (nSPS) is 14.1. The van der Waals surface area contributed by atoms with Gasteiger partial charge in [-0.3, -0.25) is 14.6 Å². The molecular formula is C26H23F3N4O2. The van der Waals surface area contributed by atoms with E-state index in [0.29, 0.717) is 22.4 Å². The van der Waals surface area contributed by atoms with Crippen molar-refractivity contribution in [2.24, 2.45) is 5.84 Å². The van der Waals surface area contributed by atoms with Crippen molar-refractivity contribution < 1.29 is 22.8 Å². The van der Waals surface area contributed by atoms with Gasteiger partial charge in [0.15, 0.2) is 0 Å². The van der Waals surface area contributed by atoms with E-state index in [-0.39, 0.29) is 23.4 Å². The largest absolute Gasteiger partial charge is 0.417 e. The summed E-state index contributed by atoms with van der Waals surface area (Å²) in [6.07, 6.45) is -3.20. The Morgan fingerprint density at radius 2 is 1.66 bits per heavy atom. The van der Waals surface area contributed by atoms with Crippen LogP contribution in [0.4, 0.5) is 24.5 Å². The lowest BCUT2D eigenvalue weighted by Gasteiger charge is -2.18. The summed E-state index contributed by atoms with van der Waals surface area (Å²) >= 11 is 0. The molecule has 0 unspecified atom stereocenters. The van der Waals surface area contributed by atoms with Gasteiger partial charge in [-0.25, -0.2) is 5.84 Å². The van der Waals surface area contributed by atoms with Gasteiger partial charge in [-0.05, 0) is 49.7 Å². The molecule has 3 aromatic rings. The SMILES string of the molecule is Cc1cc(C)cc(-c2c(C(F)(F)F)ccc3c2NC(=O)C3=CCN(N)C(=O)c2ccc(N)cc2)c1. The maximum Gasteiger partial charge on any atom is 0.417 e. The van der Waals surface area contributed by atoms with Crippen LogP contribution >= 0.6 is 0 Å². The van der Waals surface area contributed by atoms with Crippen molar-refractivity contribution >= 4 is 28.8 Å². The van der Waals surface area contributed by atoms with Gasteiger partial charge in [-0.2, -0.15) is 13.2 Å². The predicted molar refractivity (Wildman–Crippen MR) is 129 cm³/mol. The molecule has 1 aliphatic heterocycles. The number of nitrogens with zero attached hydrogens (tertiary/aromatic N) is 1. The molecule has 3 aromatic carbocycles. The number of anilines is 2. The molecule has 0 aromatic heterocycles. The molecule has 1 aliphatic rings. The molecule has 0 radical (unpaired) electrons. The predicted octanol–water partition coefficient (Wildman–Crippen LogP) is 4.92. The van der Waals surface area contributed by atoms with Crippen molar-refractivity contribution in [1.82, 2.24) is 5.01 Å². The second-order valence-electron chi connectivity index (χ2n) is 8.44. The fourth-order valence-electron chi connectivity index (χ4n) is 4.18. The average Bonchev–Trinajstić information content (AvgIpc) is 3.10. The van der Waals surface area contributed by atoms with Gasteiger partial charge < -0.3 is 11.1 Å². The van der Waals surface area contributed by atoms with Gasteiger partial charge >= 0.3 is 6.18 Å².